The number of hydrogen-bond donors (Lipinski definition) is 6. The lowest BCUT2D eigenvalue weighted by Gasteiger charge is -2.26. The summed E-state index contributed by atoms with van der Waals surface area (Å²) in [5.74, 6) is -3.71. The van der Waals surface area contributed by atoms with E-state index in [1.807, 2.05) is 0 Å². The Bertz CT molecular complexity index is 1670. The Morgan fingerprint density at radius 2 is 1.53 bits per heavy atom. The number of phenols is 1. The van der Waals surface area contributed by atoms with Crippen LogP contribution in [0.25, 0.3) is 0 Å². The Morgan fingerprint density at radius 1 is 0.891 bits per heavy atom. The number of nitrogens with zero attached hydrogens (tertiary/aromatic N) is 3. The lowest BCUT2D eigenvalue weighted by atomic mass is 10.0. The van der Waals surface area contributed by atoms with E-state index < -0.39 is 72.1 Å². The number of hydroxylamine groups is 4. The van der Waals surface area contributed by atoms with Crippen molar-refractivity contribution in [2.45, 2.75) is 186 Å². The maximum absolute atomic E-state index is 13.7. The van der Waals surface area contributed by atoms with Gasteiger partial charge >= 0.3 is 12.1 Å². The van der Waals surface area contributed by atoms with E-state index in [9.17, 15) is 44.3 Å². The topological polar surface area (TPSA) is 246 Å². The standard InChI is InChI=1S/C46H74N6O12/c1-5-6-7-8-9-10-11-12-13-14-15-16-17-28-39(54)51(60)29-22-21-26-35(48-40(55)36-31-62-42(49-36)33-24-18-19-27-38(33)53)44(58)63-32-37(50-45(59)64-46(2,3)4)41(56)47-34-25-20-23-30-52(61)43(34)57/h18-19,24,27,34-37,53,60-61H,5-17,20-23,25-26,28-32H2,1-4H3,(H,47,56)(H,48,55)(H,50,59)/t34-,35-,36-,37-/m0/s1. The van der Waals surface area contributed by atoms with Gasteiger partial charge in [-0.15, -0.1) is 0 Å². The molecule has 64 heavy (non-hydrogen) atoms. The van der Waals surface area contributed by atoms with Crippen molar-refractivity contribution in [3.05, 3.63) is 29.8 Å². The predicted molar refractivity (Wildman–Crippen MR) is 237 cm³/mol. The van der Waals surface area contributed by atoms with E-state index in [1.54, 1.807) is 39.0 Å². The summed E-state index contributed by atoms with van der Waals surface area (Å²) < 4.78 is 16.4. The second-order valence-electron chi connectivity index (χ2n) is 17.7. The van der Waals surface area contributed by atoms with E-state index in [-0.39, 0.29) is 69.0 Å². The van der Waals surface area contributed by atoms with Gasteiger partial charge in [0.1, 0.15) is 42.7 Å². The second kappa shape index (κ2) is 28.7. The highest BCUT2D eigenvalue weighted by Gasteiger charge is 2.35. The first-order valence-electron chi connectivity index (χ1n) is 23.3. The number of ether oxygens (including phenoxy) is 3. The average Bonchev–Trinajstić information content (AvgIpc) is 3.69. The molecule has 3 rings (SSSR count). The lowest BCUT2D eigenvalue weighted by molar-refractivity contribution is -0.167. The molecule has 1 aromatic carbocycles. The average molecular weight is 903 g/mol. The summed E-state index contributed by atoms with van der Waals surface area (Å²) in [6.45, 7) is 6.27. The maximum Gasteiger partial charge on any atom is 0.408 e. The number of benzene rings is 1. The Hall–Kier alpha value is -4.97. The monoisotopic (exact) mass is 903 g/mol. The van der Waals surface area contributed by atoms with E-state index >= 15 is 0 Å². The molecule has 2 aliphatic heterocycles. The quantitative estimate of drug-likeness (QED) is 0.0238. The number of aliphatic imine (C=N–C) groups is 1. The van der Waals surface area contributed by atoms with Crippen molar-refractivity contribution in [1.82, 2.24) is 26.1 Å². The highest BCUT2D eigenvalue weighted by molar-refractivity contribution is 6.00. The number of carbonyl (C=O) groups excluding carboxylic acids is 6. The van der Waals surface area contributed by atoms with Gasteiger partial charge in [0.15, 0.2) is 6.04 Å². The number of unbranched alkanes of at least 4 members (excludes halogenated alkanes) is 13. The van der Waals surface area contributed by atoms with Crippen molar-refractivity contribution in [2.24, 2.45) is 4.99 Å². The van der Waals surface area contributed by atoms with Gasteiger partial charge in [-0.1, -0.05) is 96.1 Å². The fourth-order valence-electron chi connectivity index (χ4n) is 7.31. The minimum atomic E-state index is -1.55. The molecule has 18 heteroatoms. The fraction of sp³-hybridized carbons (Fsp3) is 0.717. The summed E-state index contributed by atoms with van der Waals surface area (Å²) in [6, 6.07) is 1.28. The number of aromatic hydroxyl groups is 1. The van der Waals surface area contributed by atoms with Crippen molar-refractivity contribution in [3.63, 3.8) is 0 Å². The summed E-state index contributed by atoms with van der Waals surface area (Å²) in [5.41, 5.74) is -0.664. The third-order valence-corrected chi connectivity index (χ3v) is 11.0. The first-order valence-corrected chi connectivity index (χ1v) is 23.3. The third kappa shape index (κ3) is 20.2. The number of hydrogen-bond acceptors (Lipinski definition) is 13. The molecule has 5 amide bonds. The summed E-state index contributed by atoms with van der Waals surface area (Å²) in [6.07, 6.45) is 16.3. The van der Waals surface area contributed by atoms with E-state index in [2.05, 4.69) is 27.9 Å². The van der Waals surface area contributed by atoms with Gasteiger partial charge in [0.05, 0.1) is 5.56 Å². The first-order chi connectivity index (χ1) is 30.6. The molecule has 0 unspecified atom stereocenters. The summed E-state index contributed by atoms with van der Waals surface area (Å²) in [7, 11) is 0. The Balaban J connectivity index is 1.58. The lowest BCUT2D eigenvalue weighted by Crippen LogP contribution is -2.56. The van der Waals surface area contributed by atoms with Crippen LogP contribution in [-0.2, 0) is 38.2 Å². The molecule has 1 saturated heterocycles. The van der Waals surface area contributed by atoms with Crippen LogP contribution in [0.5, 0.6) is 5.75 Å². The van der Waals surface area contributed by atoms with Gasteiger partial charge in [-0.3, -0.25) is 29.6 Å². The summed E-state index contributed by atoms with van der Waals surface area (Å²) in [5, 5.41) is 39.5. The van der Waals surface area contributed by atoms with Crippen LogP contribution in [0, 0.1) is 0 Å². The normalized spacial score (nSPS) is 17.3. The van der Waals surface area contributed by atoms with Crippen LogP contribution in [0.4, 0.5) is 4.79 Å². The van der Waals surface area contributed by atoms with Gasteiger partial charge in [0.25, 0.3) is 5.91 Å². The number of phenolic OH excluding ortho intramolecular Hbond substituents is 1. The molecule has 0 radical (unpaired) electrons. The van der Waals surface area contributed by atoms with Crippen LogP contribution in [0.2, 0.25) is 0 Å². The van der Waals surface area contributed by atoms with Crippen LogP contribution < -0.4 is 16.0 Å². The number of amides is 5. The van der Waals surface area contributed by atoms with E-state index in [1.165, 1.54) is 63.9 Å². The molecule has 0 aliphatic carbocycles. The molecule has 1 fully saturated rings. The van der Waals surface area contributed by atoms with Gasteiger partial charge in [-0.05, 0) is 77.8 Å². The van der Waals surface area contributed by atoms with Crippen molar-refractivity contribution in [1.29, 1.82) is 0 Å². The number of carbonyl (C=O) groups is 6. The summed E-state index contributed by atoms with van der Waals surface area (Å²) >= 11 is 0. The fourth-order valence-corrected chi connectivity index (χ4v) is 7.31. The largest absolute Gasteiger partial charge is 0.507 e. The molecule has 0 saturated carbocycles. The van der Waals surface area contributed by atoms with Crippen LogP contribution >= 0.6 is 0 Å². The molecule has 0 spiro atoms. The van der Waals surface area contributed by atoms with Crippen LogP contribution in [-0.4, -0.2) is 123 Å². The third-order valence-electron chi connectivity index (χ3n) is 11.0. The zero-order valence-electron chi connectivity index (χ0n) is 38.4. The van der Waals surface area contributed by atoms with Crippen LogP contribution in [0.15, 0.2) is 29.3 Å². The molecule has 0 aromatic heterocycles. The second-order valence-corrected chi connectivity index (χ2v) is 17.7. The Morgan fingerprint density at radius 3 is 2.17 bits per heavy atom. The Labute approximate surface area is 378 Å². The van der Waals surface area contributed by atoms with Gasteiger partial charge in [0.2, 0.25) is 23.6 Å². The van der Waals surface area contributed by atoms with Gasteiger partial charge < -0.3 is 35.3 Å². The van der Waals surface area contributed by atoms with Gasteiger partial charge in [0, 0.05) is 19.5 Å². The Kier molecular flexibility index (Phi) is 24.0. The molecule has 4 atom stereocenters. The molecule has 18 nitrogen and oxygen atoms in total. The SMILES string of the molecule is CCCCCCCCCCCCCCCC(=O)N(O)CCCC[C@H](NC(=O)[C@@H]1COC(c2ccccc2O)=N1)C(=O)OC[C@H](NC(=O)OC(C)(C)C)C(=O)N[C@H]1CCCCN(O)C1=O. The molecule has 2 aliphatic rings. The van der Waals surface area contributed by atoms with Crippen molar-refractivity contribution in [2.75, 3.05) is 26.3 Å². The van der Waals surface area contributed by atoms with Gasteiger partial charge in [-0.25, -0.2) is 24.7 Å². The summed E-state index contributed by atoms with van der Waals surface area (Å²) in [4.78, 5) is 83.2. The predicted octanol–water partition coefficient (Wildman–Crippen LogP) is 6.21. The zero-order chi connectivity index (χ0) is 46.9. The molecular weight excluding hydrogens is 829 g/mol. The zero-order valence-corrected chi connectivity index (χ0v) is 38.4. The minimum Gasteiger partial charge on any atom is -0.507 e. The maximum atomic E-state index is 13.7. The van der Waals surface area contributed by atoms with Gasteiger partial charge in [-0.2, -0.15) is 0 Å². The number of nitrogens with one attached hydrogen (secondary N) is 3. The molecule has 0 bridgehead atoms. The molecular formula is C46H74N6O12. The van der Waals surface area contributed by atoms with Crippen molar-refractivity contribution < 1.29 is 58.5 Å². The first kappa shape index (κ1) is 53.4. The highest BCUT2D eigenvalue weighted by Crippen LogP contribution is 2.22. The van der Waals surface area contributed by atoms with Crippen molar-refractivity contribution >= 4 is 41.6 Å². The highest BCUT2D eigenvalue weighted by atomic mass is 16.6. The molecule has 360 valence electrons. The van der Waals surface area contributed by atoms with Crippen LogP contribution in [0.1, 0.15) is 162 Å². The number of rotatable bonds is 28. The van der Waals surface area contributed by atoms with Crippen molar-refractivity contribution in [3.8, 4) is 5.75 Å². The van der Waals surface area contributed by atoms with Crippen LogP contribution in [0.3, 0.4) is 0 Å². The molecule has 6 N–H and O–H groups in total. The smallest absolute Gasteiger partial charge is 0.408 e. The molecule has 1 aromatic rings. The number of esters is 1. The van der Waals surface area contributed by atoms with E-state index in [0.717, 1.165) is 19.3 Å². The minimum absolute atomic E-state index is 0.00560. The number of alkyl carbamates (subject to hydrolysis) is 1. The van der Waals surface area contributed by atoms with E-state index in [4.69, 9.17) is 14.2 Å². The van der Waals surface area contributed by atoms with E-state index in [0.29, 0.717) is 29.4 Å². The molecule has 2 heterocycles. The number of para-hydroxylation sites is 1.